The van der Waals surface area contributed by atoms with Gasteiger partial charge in [-0.25, -0.2) is 0 Å². The van der Waals surface area contributed by atoms with Gasteiger partial charge in [-0.05, 0) is 86.5 Å². The Balaban J connectivity index is 1.77. The Kier molecular flexibility index (Phi) is 6.46. The number of aromatic hydroxyl groups is 1. The molecule has 6 N–H and O–H groups in total. The van der Waals surface area contributed by atoms with Gasteiger partial charge in [0.15, 0.2) is 11.4 Å². The van der Waals surface area contributed by atoms with Crippen molar-refractivity contribution in [1.82, 2.24) is 9.80 Å². The largest absolute Gasteiger partial charge is 0.508 e. The predicted octanol–water partition coefficient (Wildman–Crippen LogP) is 1.75. The van der Waals surface area contributed by atoms with Crippen LogP contribution in [-0.2, 0) is 27.3 Å². The fourth-order valence-corrected chi connectivity index (χ4v) is 7.16. The van der Waals surface area contributed by atoms with Gasteiger partial charge in [-0.1, -0.05) is 0 Å². The minimum Gasteiger partial charge on any atom is -0.508 e. The highest BCUT2D eigenvalue weighted by atomic mass is 32.1. The summed E-state index contributed by atoms with van der Waals surface area (Å²) < 4.78 is 0. The average molecular weight is 554 g/mol. The zero-order chi connectivity index (χ0) is 28.5. The number of phenols is 1. The van der Waals surface area contributed by atoms with Crippen LogP contribution >= 0.6 is 11.3 Å². The maximum Gasteiger partial charge on any atom is 0.255 e. The lowest BCUT2D eigenvalue weighted by atomic mass is 9.57. The SMILES string of the molecule is CN(C)Cc1cc(-c2ccsc2)c2c(c1O)C(O)=C1C(=O)C3(O)C(O)=C(C(N)=O)C(=O)C(N(C)C)C3CC1C2. The van der Waals surface area contributed by atoms with E-state index in [9.17, 15) is 34.8 Å². The number of carbonyl (C=O) groups excluding carboxylic acids is 3. The lowest BCUT2D eigenvalue weighted by Crippen LogP contribution is -2.65. The fourth-order valence-electron chi connectivity index (χ4n) is 6.50. The van der Waals surface area contributed by atoms with Gasteiger partial charge in [-0.15, -0.1) is 0 Å². The average Bonchev–Trinajstić information content (AvgIpc) is 3.37. The Morgan fingerprint density at radius 3 is 2.44 bits per heavy atom. The number of likely N-dealkylation sites (N-methyl/N-ethyl adjacent to an activating group) is 1. The predicted molar refractivity (Wildman–Crippen MR) is 145 cm³/mol. The number of fused-ring (bicyclic) bond motifs is 3. The lowest BCUT2D eigenvalue weighted by Gasteiger charge is -2.50. The van der Waals surface area contributed by atoms with Gasteiger partial charge < -0.3 is 31.1 Å². The second-order valence-electron chi connectivity index (χ2n) is 11.0. The Bertz CT molecular complexity index is 1470. The molecule has 3 aliphatic rings. The number of primary amides is 1. The maximum absolute atomic E-state index is 14.0. The number of nitrogens with zero attached hydrogens (tertiary/aromatic N) is 2. The van der Waals surface area contributed by atoms with Crippen LogP contribution in [0.1, 0.15) is 23.1 Å². The number of ketones is 2. The Hall–Kier alpha value is -3.51. The number of benzene rings is 1. The summed E-state index contributed by atoms with van der Waals surface area (Å²) in [6, 6.07) is 2.71. The summed E-state index contributed by atoms with van der Waals surface area (Å²) in [5.74, 6) is -6.53. The smallest absolute Gasteiger partial charge is 0.255 e. The number of Topliss-reactive ketones (excluding diaryl/α,β-unsaturated/α-hetero) is 2. The van der Waals surface area contributed by atoms with E-state index in [1.54, 1.807) is 14.1 Å². The van der Waals surface area contributed by atoms with Crippen LogP contribution < -0.4 is 5.73 Å². The second kappa shape index (κ2) is 9.30. The van der Waals surface area contributed by atoms with Crippen LogP contribution in [-0.4, -0.2) is 87.5 Å². The molecule has 0 saturated heterocycles. The first kappa shape index (κ1) is 27.1. The number of aliphatic hydroxyl groups excluding tert-OH is 2. The molecule has 0 radical (unpaired) electrons. The van der Waals surface area contributed by atoms with Crippen LogP contribution in [0.5, 0.6) is 5.75 Å². The van der Waals surface area contributed by atoms with E-state index >= 15 is 0 Å². The van der Waals surface area contributed by atoms with Crippen LogP contribution in [0.4, 0.5) is 0 Å². The van der Waals surface area contributed by atoms with Crippen LogP contribution in [0.2, 0.25) is 0 Å². The minimum atomic E-state index is -2.66. The zero-order valence-corrected chi connectivity index (χ0v) is 22.9. The Labute approximate surface area is 229 Å². The van der Waals surface area contributed by atoms with Crippen molar-refractivity contribution in [3.63, 3.8) is 0 Å². The molecule has 0 bridgehead atoms. The molecule has 1 fully saturated rings. The van der Waals surface area contributed by atoms with Crippen molar-refractivity contribution in [1.29, 1.82) is 0 Å². The number of phenolic OH excluding ortho intramolecular Hbond substituents is 1. The second-order valence-corrected chi connectivity index (χ2v) is 11.8. The third-order valence-corrected chi connectivity index (χ3v) is 8.80. The van der Waals surface area contributed by atoms with Gasteiger partial charge in [0.2, 0.25) is 5.78 Å². The molecular weight excluding hydrogens is 522 g/mol. The van der Waals surface area contributed by atoms with E-state index in [2.05, 4.69) is 0 Å². The van der Waals surface area contributed by atoms with E-state index in [1.807, 2.05) is 41.9 Å². The summed E-state index contributed by atoms with van der Waals surface area (Å²) in [5.41, 5.74) is 4.75. The Morgan fingerprint density at radius 2 is 1.87 bits per heavy atom. The third-order valence-electron chi connectivity index (χ3n) is 8.12. The highest BCUT2D eigenvalue weighted by molar-refractivity contribution is 7.08. The maximum atomic E-state index is 14.0. The van der Waals surface area contributed by atoms with E-state index in [0.29, 0.717) is 17.7 Å². The van der Waals surface area contributed by atoms with Crippen molar-refractivity contribution in [2.75, 3.05) is 28.2 Å². The summed E-state index contributed by atoms with van der Waals surface area (Å²) in [4.78, 5) is 42.8. The monoisotopic (exact) mass is 553 g/mol. The minimum absolute atomic E-state index is 0.0506. The molecule has 0 aliphatic heterocycles. The topological polar surface area (TPSA) is 165 Å². The van der Waals surface area contributed by atoms with Crippen molar-refractivity contribution in [3.8, 4) is 16.9 Å². The standard InChI is InChI=1S/C28H31N3O7S/c1-30(2)10-14-8-15(12-5-6-39-11-12)16-7-13-9-17-21(31(3)4)24(34)20(27(29)37)26(36)28(17,38)25(35)18(13)23(33)19(16)22(14)32/h5-6,8,11,13,17,21,32-33,36,38H,7,9-10H2,1-4H3,(H2,29,37). The molecule has 11 heteroatoms. The quantitative estimate of drug-likeness (QED) is 0.347. The molecule has 2 aromatic rings. The molecule has 1 amide bonds. The molecule has 0 spiro atoms. The highest BCUT2D eigenvalue weighted by Crippen LogP contribution is 2.54. The normalized spacial score (nSPS) is 26.7. The first-order valence-corrected chi connectivity index (χ1v) is 13.4. The van der Waals surface area contributed by atoms with Crippen molar-refractivity contribution in [2.24, 2.45) is 17.6 Å². The zero-order valence-electron chi connectivity index (χ0n) is 22.1. The van der Waals surface area contributed by atoms with Gasteiger partial charge in [0.1, 0.15) is 22.8 Å². The number of thiophene rings is 1. The van der Waals surface area contributed by atoms with Gasteiger partial charge >= 0.3 is 0 Å². The van der Waals surface area contributed by atoms with Gasteiger partial charge in [0.25, 0.3) is 5.91 Å². The number of aliphatic hydroxyl groups is 3. The molecule has 39 heavy (non-hydrogen) atoms. The van der Waals surface area contributed by atoms with Crippen molar-refractivity contribution in [3.05, 3.63) is 56.5 Å². The van der Waals surface area contributed by atoms with Crippen molar-refractivity contribution < 1.29 is 34.8 Å². The van der Waals surface area contributed by atoms with Gasteiger partial charge in [0, 0.05) is 23.6 Å². The summed E-state index contributed by atoms with van der Waals surface area (Å²) in [5, 5.41) is 49.5. The summed E-state index contributed by atoms with van der Waals surface area (Å²) in [6.45, 7) is 0.361. The lowest BCUT2D eigenvalue weighted by molar-refractivity contribution is -0.153. The molecule has 1 heterocycles. The highest BCUT2D eigenvalue weighted by Gasteiger charge is 2.64. The van der Waals surface area contributed by atoms with Crippen LogP contribution in [0.15, 0.2) is 39.8 Å². The molecule has 4 atom stereocenters. The molecule has 3 aliphatic carbocycles. The van der Waals surface area contributed by atoms with Crippen molar-refractivity contribution >= 4 is 34.6 Å². The molecule has 1 saturated carbocycles. The molecule has 206 valence electrons. The first-order valence-electron chi connectivity index (χ1n) is 12.5. The fraction of sp³-hybridized carbons (Fsp3) is 0.393. The van der Waals surface area contributed by atoms with Gasteiger partial charge in [-0.3, -0.25) is 19.3 Å². The van der Waals surface area contributed by atoms with E-state index in [1.165, 1.54) is 16.2 Å². The molecule has 4 unspecified atom stereocenters. The van der Waals surface area contributed by atoms with E-state index in [-0.39, 0.29) is 29.7 Å². The van der Waals surface area contributed by atoms with E-state index in [0.717, 1.165) is 11.1 Å². The number of rotatable bonds is 5. The number of nitrogens with two attached hydrogens (primary N) is 1. The number of hydrogen-bond acceptors (Lipinski definition) is 10. The van der Waals surface area contributed by atoms with Crippen LogP contribution in [0.25, 0.3) is 16.9 Å². The van der Waals surface area contributed by atoms with Crippen molar-refractivity contribution in [2.45, 2.75) is 31.0 Å². The molecule has 5 rings (SSSR count). The number of carbonyl (C=O) groups is 3. The molecule has 10 nitrogen and oxygen atoms in total. The summed E-state index contributed by atoms with van der Waals surface area (Å²) in [6.07, 6.45) is 0.296. The first-order chi connectivity index (χ1) is 18.3. The summed E-state index contributed by atoms with van der Waals surface area (Å²) in [7, 11) is 6.84. The van der Waals surface area contributed by atoms with E-state index < -0.39 is 58.0 Å². The van der Waals surface area contributed by atoms with Gasteiger partial charge in [-0.2, -0.15) is 11.3 Å². The molecular formula is C28H31N3O7S. The van der Waals surface area contributed by atoms with E-state index in [4.69, 9.17) is 5.73 Å². The number of hydrogen-bond donors (Lipinski definition) is 5. The Morgan fingerprint density at radius 1 is 1.18 bits per heavy atom. The van der Waals surface area contributed by atoms with Gasteiger partial charge in [0.05, 0.1) is 11.6 Å². The molecule has 1 aromatic carbocycles. The third kappa shape index (κ3) is 3.83. The molecule has 1 aromatic heterocycles. The van der Waals surface area contributed by atoms with Crippen LogP contribution in [0, 0.1) is 11.8 Å². The number of amides is 1. The van der Waals surface area contributed by atoms with Crippen LogP contribution in [0.3, 0.4) is 0 Å². The summed E-state index contributed by atoms with van der Waals surface area (Å²) >= 11 is 1.51.